The molecule has 0 unspecified atom stereocenters. The van der Waals surface area contributed by atoms with Crippen LogP contribution in [0.2, 0.25) is 0 Å². The third kappa shape index (κ3) is 5.43. The molecular formula is C13H22N2. The smallest absolute Gasteiger partial charge is 0.0340 e. The Morgan fingerprint density at radius 3 is 2.13 bits per heavy atom. The molecule has 0 radical (unpaired) electrons. The van der Waals surface area contributed by atoms with Gasteiger partial charge in [0, 0.05) is 24.3 Å². The van der Waals surface area contributed by atoms with E-state index in [1.807, 2.05) is 0 Å². The molecule has 1 aromatic carbocycles. The number of aryl methyl sites for hydroxylation is 1. The second-order valence-electron chi connectivity index (χ2n) is 4.97. The Bertz CT molecular complexity index is 282. The average Bonchev–Trinajstić information content (AvgIpc) is 2.14. The zero-order chi connectivity index (χ0) is 11.3. The minimum absolute atomic E-state index is 0.203. The summed E-state index contributed by atoms with van der Waals surface area (Å²) in [5.74, 6) is 0. The average molecular weight is 206 g/mol. The summed E-state index contributed by atoms with van der Waals surface area (Å²) in [4.78, 5) is 0. The van der Waals surface area contributed by atoms with Crippen molar-refractivity contribution >= 4 is 5.69 Å². The van der Waals surface area contributed by atoms with E-state index in [0.29, 0.717) is 0 Å². The first-order valence-corrected chi connectivity index (χ1v) is 5.53. The van der Waals surface area contributed by atoms with Gasteiger partial charge in [0.15, 0.2) is 0 Å². The minimum Gasteiger partial charge on any atom is -0.384 e. The van der Waals surface area contributed by atoms with Crippen molar-refractivity contribution in [1.82, 2.24) is 5.32 Å². The molecular weight excluding hydrogens is 184 g/mol. The quantitative estimate of drug-likeness (QED) is 0.740. The predicted molar refractivity (Wildman–Crippen MR) is 67.4 cm³/mol. The fourth-order valence-electron chi connectivity index (χ4n) is 1.32. The van der Waals surface area contributed by atoms with Gasteiger partial charge >= 0.3 is 0 Å². The van der Waals surface area contributed by atoms with Gasteiger partial charge < -0.3 is 10.6 Å². The van der Waals surface area contributed by atoms with Crippen LogP contribution in [-0.4, -0.2) is 18.6 Å². The number of benzene rings is 1. The predicted octanol–water partition coefficient (Wildman–Crippen LogP) is 2.80. The summed E-state index contributed by atoms with van der Waals surface area (Å²) in [7, 11) is 0. The highest BCUT2D eigenvalue weighted by molar-refractivity contribution is 5.44. The number of hydrogen-bond acceptors (Lipinski definition) is 2. The topological polar surface area (TPSA) is 24.1 Å². The van der Waals surface area contributed by atoms with Crippen molar-refractivity contribution in [3.05, 3.63) is 29.8 Å². The summed E-state index contributed by atoms with van der Waals surface area (Å²) in [6.07, 6.45) is 0. The molecule has 0 saturated heterocycles. The highest BCUT2D eigenvalue weighted by Gasteiger charge is 2.06. The zero-order valence-corrected chi connectivity index (χ0v) is 10.2. The third-order valence-corrected chi connectivity index (χ3v) is 2.16. The summed E-state index contributed by atoms with van der Waals surface area (Å²) in [5.41, 5.74) is 2.69. The van der Waals surface area contributed by atoms with Crippen LogP contribution in [0.4, 0.5) is 5.69 Å². The van der Waals surface area contributed by atoms with E-state index in [4.69, 9.17) is 0 Å². The first kappa shape index (κ1) is 12.1. The summed E-state index contributed by atoms with van der Waals surface area (Å²) >= 11 is 0. The lowest BCUT2D eigenvalue weighted by Crippen LogP contribution is -2.38. The van der Waals surface area contributed by atoms with Crippen molar-refractivity contribution in [3.8, 4) is 0 Å². The van der Waals surface area contributed by atoms with Gasteiger partial charge in [0.2, 0.25) is 0 Å². The lowest BCUT2D eigenvalue weighted by atomic mass is 10.1. The molecule has 0 atom stereocenters. The Hall–Kier alpha value is -1.02. The Morgan fingerprint density at radius 1 is 1.00 bits per heavy atom. The van der Waals surface area contributed by atoms with Crippen molar-refractivity contribution < 1.29 is 0 Å². The van der Waals surface area contributed by atoms with E-state index in [-0.39, 0.29) is 5.54 Å². The maximum absolute atomic E-state index is 3.44. The molecule has 0 aliphatic rings. The number of hydrogen-bond donors (Lipinski definition) is 2. The molecule has 1 rings (SSSR count). The molecule has 1 aromatic rings. The molecule has 2 heteroatoms. The standard InChI is InChI=1S/C13H22N2/c1-11-5-7-12(8-6-11)14-9-10-15-13(2,3)4/h5-8,14-15H,9-10H2,1-4H3. The summed E-state index contributed by atoms with van der Waals surface area (Å²) in [5, 5.41) is 6.82. The van der Waals surface area contributed by atoms with E-state index >= 15 is 0 Å². The lowest BCUT2D eigenvalue weighted by Gasteiger charge is -2.20. The maximum Gasteiger partial charge on any atom is 0.0340 e. The minimum atomic E-state index is 0.203. The van der Waals surface area contributed by atoms with Crippen LogP contribution in [0.25, 0.3) is 0 Å². The molecule has 0 amide bonds. The number of rotatable bonds is 4. The van der Waals surface area contributed by atoms with E-state index in [9.17, 15) is 0 Å². The van der Waals surface area contributed by atoms with Gasteiger partial charge in [0.05, 0.1) is 0 Å². The second kappa shape index (κ2) is 5.17. The molecule has 0 saturated carbocycles. The highest BCUT2D eigenvalue weighted by Crippen LogP contribution is 2.07. The van der Waals surface area contributed by atoms with Gasteiger partial charge in [-0.25, -0.2) is 0 Å². The van der Waals surface area contributed by atoms with Crippen LogP contribution in [0.3, 0.4) is 0 Å². The van der Waals surface area contributed by atoms with Crippen LogP contribution in [-0.2, 0) is 0 Å². The SMILES string of the molecule is Cc1ccc(NCCNC(C)(C)C)cc1. The molecule has 0 aromatic heterocycles. The van der Waals surface area contributed by atoms with Crippen molar-refractivity contribution in [2.45, 2.75) is 33.2 Å². The van der Waals surface area contributed by atoms with Gasteiger partial charge in [0.1, 0.15) is 0 Å². The summed E-state index contributed by atoms with van der Waals surface area (Å²) in [6.45, 7) is 10.6. The second-order valence-corrected chi connectivity index (χ2v) is 4.97. The molecule has 0 aliphatic carbocycles. The molecule has 84 valence electrons. The summed E-state index contributed by atoms with van der Waals surface area (Å²) < 4.78 is 0. The Labute approximate surface area is 93.1 Å². The molecule has 0 aliphatic heterocycles. The van der Waals surface area contributed by atoms with Gasteiger partial charge in [-0.3, -0.25) is 0 Å². The molecule has 0 bridgehead atoms. The molecule has 0 spiro atoms. The monoisotopic (exact) mass is 206 g/mol. The molecule has 2 nitrogen and oxygen atoms in total. The van der Waals surface area contributed by atoms with Gasteiger partial charge in [-0.15, -0.1) is 0 Å². The largest absolute Gasteiger partial charge is 0.384 e. The van der Waals surface area contributed by atoms with Crippen molar-refractivity contribution in [2.24, 2.45) is 0 Å². The fraction of sp³-hybridized carbons (Fsp3) is 0.538. The van der Waals surface area contributed by atoms with E-state index in [1.54, 1.807) is 0 Å². The van der Waals surface area contributed by atoms with Crippen molar-refractivity contribution in [3.63, 3.8) is 0 Å². The van der Waals surface area contributed by atoms with Gasteiger partial charge in [0.25, 0.3) is 0 Å². The van der Waals surface area contributed by atoms with Crippen molar-refractivity contribution in [2.75, 3.05) is 18.4 Å². The molecule has 2 N–H and O–H groups in total. The number of nitrogens with one attached hydrogen (secondary N) is 2. The van der Waals surface area contributed by atoms with Crippen LogP contribution in [0.15, 0.2) is 24.3 Å². The normalized spacial score (nSPS) is 11.5. The zero-order valence-electron chi connectivity index (χ0n) is 10.2. The first-order valence-electron chi connectivity index (χ1n) is 5.53. The van der Waals surface area contributed by atoms with Crippen LogP contribution in [0.1, 0.15) is 26.3 Å². The van der Waals surface area contributed by atoms with Gasteiger partial charge in [-0.2, -0.15) is 0 Å². The molecule has 15 heavy (non-hydrogen) atoms. The molecule has 0 fully saturated rings. The van der Waals surface area contributed by atoms with Gasteiger partial charge in [-0.05, 0) is 39.8 Å². The van der Waals surface area contributed by atoms with Crippen LogP contribution >= 0.6 is 0 Å². The maximum atomic E-state index is 3.44. The van der Waals surface area contributed by atoms with E-state index in [1.165, 1.54) is 11.3 Å². The van der Waals surface area contributed by atoms with E-state index < -0.39 is 0 Å². The van der Waals surface area contributed by atoms with Crippen LogP contribution in [0.5, 0.6) is 0 Å². The van der Waals surface area contributed by atoms with E-state index in [2.05, 4.69) is 62.6 Å². The Morgan fingerprint density at radius 2 is 1.60 bits per heavy atom. The summed E-state index contributed by atoms with van der Waals surface area (Å²) in [6, 6.07) is 8.48. The Kier molecular flexibility index (Phi) is 4.15. The fourth-order valence-corrected chi connectivity index (χ4v) is 1.32. The highest BCUT2D eigenvalue weighted by atomic mass is 15.0. The number of anilines is 1. The molecule has 0 heterocycles. The van der Waals surface area contributed by atoms with Gasteiger partial charge in [-0.1, -0.05) is 17.7 Å². The van der Waals surface area contributed by atoms with Crippen LogP contribution in [0, 0.1) is 6.92 Å². The van der Waals surface area contributed by atoms with Crippen LogP contribution < -0.4 is 10.6 Å². The van der Waals surface area contributed by atoms with Crippen molar-refractivity contribution in [1.29, 1.82) is 0 Å². The first-order chi connectivity index (χ1) is 6.97. The Balaban J connectivity index is 2.23. The third-order valence-electron chi connectivity index (χ3n) is 2.16. The lowest BCUT2D eigenvalue weighted by molar-refractivity contribution is 0.435. The van der Waals surface area contributed by atoms with E-state index in [0.717, 1.165) is 13.1 Å².